The summed E-state index contributed by atoms with van der Waals surface area (Å²) in [5, 5.41) is 6.11. The number of fused-ring (bicyclic) bond motifs is 1. The van der Waals surface area contributed by atoms with Gasteiger partial charge in [0.05, 0.1) is 5.56 Å². The van der Waals surface area contributed by atoms with Crippen LogP contribution in [0.1, 0.15) is 10.4 Å². The molecule has 1 aromatic heterocycles. The van der Waals surface area contributed by atoms with Crippen molar-refractivity contribution < 1.29 is 9.53 Å². The van der Waals surface area contributed by atoms with Crippen LogP contribution in [0.3, 0.4) is 0 Å². The number of carbonyl (C=O) groups is 1. The van der Waals surface area contributed by atoms with Crippen LogP contribution in [0.2, 0.25) is 0 Å². The van der Waals surface area contributed by atoms with Crippen molar-refractivity contribution in [1.82, 2.24) is 0 Å². The van der Waals surface area contributed by atoms with E-state index in [0.29, 0.717) is 17.1 Å². The lowest BCUT2D eigenvalue weighted by Crippen LogP contribution is -2.12. The van der Waals surface area contributed by atoms with Crippen molar-refractivity contribution in [3.8, 4) is 11.5 Å². The molecule has 0 saturated carbocycles. The van der Waals surface area contributed by atoms with E-state index in [2.05, 4.69) is 5.32 Å². The smallest absolute Gasteiger partial charge is 0.259 e. The number of thiophene rings is 1. The molecule has 25 heavy (non-hydrogen) atoms. The fourth-order valence-corrected chi connectivity index (χ4v) is 3.37. The Kier molecular flexibility index (Phi) is 4.19. The van der Waals surface area contributed by atoms with E-state index >= 15 is 0 Å². The highest BCUT2D eigenvalue weighted by atomic mass is 32.1. The zero-order valence-electron chi connectivity index (χ0n) is 13.3. The van der Waals surface area contributed by atoms with Gasteiger partial charge in [-0.25, -0.2) is 0 Å². The monoisotopic (exact) mass is 345 g/mol. The molecule has 0 bridgehead atoms. The van der Waals surface area contributed by atoms with Crippen LogP contribution >= 0.6 is 11.3 Å². The van der Waals surface area contributed by atoms with Gasteiger partial charge in [0.1, 0.15) is 11.5 Å². The number of para-hydroxylation sites is 2. The first-order chi connectivity index (χ1) is 12.3. The molecule has 4 rings (SSSR count). The maximum Gasteiger partial charge on any atom is 0.259 e. The summed E-state index contributed by atoms with van der Waals surface area (Å²) in [7, 11) is 0. The van der Waals surface area contributed by atoms with Gasteiger partial charge in [0, 0.05) is 10.4 Å². The molecule has 0 saturated heterocycles. The second-order valence-electron chi connectivity index (χ2n) is 5.54. The van der Waals surface area contributed by atoms with Crippen LogP contribution < -0.4 is 10.1 Å². The van der Waals surface area contributed by atoms with Gasteiger partial charge in [-0.1, -0.05) is 30.3 Å². The average Bonchev–Trinajstić information content (AvgIpc) is 3.11. The highest BCUT2D eigenvalue weighted by molar-refractivity contribution is 7.17. The van der Waals surface area contributed by atoms with Crippen LogP contribution in [-0.4, -0.2) is 5.91 Å². The molecule has 0 spiro atoms. The van der Waals surface area contributed by atoms with E-state index in [1.54, 1.807) is 23.5 Å². The number of ether oxygens (including phenoxy) is 1. The van der Waals surface area contributed by atoms with Crippen molar-refractivity contribution in [3.05, 3.63) is 89.8 Å². The summed E-state index contributed by atoms with van der Waals surface area (Å²) in [4.78, 5) is 12.7. The van der Waals surface area contributed by atoms with Gasteiger partial charge < -0.3 is 10.1 Å². The molecule has 0 aliphatic rings. The minimum atomic E-state index is -0.193. The average molecular weight is 345 g/mol. The first kappa shape index (κ1) is 15.4. The van der Waals surface area contributed by atoms with Crippen molar-refractivity contribution in [2.45, 2.75) is 0 Å². The van der Waals surface area contributed by atoms with Crippen LogP contribution in [0.15, 0.2) is 84.2 Å². The molecule has 4 aromatic rings. The normalized spacial score (nSPS) is 10.6. The Hall–Kier alpha value is -3.11. The number of benzene rings is 3. The molecule has 0 aliphatic heterocycles. The standard InChI is InChI=1S/C21H15NO2S/c23-21(22-16-10-11-20-15(14-16)12-13-25-20)18-8-4-5-9-19(18)24-17-6-2-1-3-7-17/h1-14H,(H,22,23). The van der Waals surface area contributed by atoms with Gasteiger partial charge in [-0.3, -0.25) is 4.79 Å². The summed E-state index contributed by atoms with van der Waals surface area (Å²) in [6, 6.07) is 24.6. The lowest BCUT2D eigenvalue weighted by atomic mass is 10.1. The number of anilines is 1. The summed E-state index contributed by atoms with van der Waals surface area (Å²) in [5.41, 5.74) is 1.27. The van der Waals surface area contributed by atoms with Crippen LogP contribution in [0, 0.1) is 0 Å². The lowest BCUT2D eigenvalue weighted by molar-refractivity contribution is 0.102. The van der Waals surface area contributed by atoms with E-state index in [4.69, 9.17) is 4.74 Å². The highest BCUT2D eigenvalue weighted by Crippen LogP contribution is 2.27. The van der Waals surface area contributed by atoms with Crippen molar-refractivity contribution in [2.75, 3.05) is 5.32 Å². The van der Waals surface area contributed by atoms with Gasteiger partial charge in [-0.2, -0.15) is 0 Å². The number of hydrogen-bond acceptors (Lipinski definition) is 3. The van der Waals surface area contributed by atoms with Crippen LogP contribution in [0.25, 0.3) is 10.1 Å². The molecule has 0 fully saturated rings. The zero-order valence-corrected chi connectivity index (χ0v) is 14.1. The maximum atomic E-state index is 12.7. The summed E-state index contributed by atoms with van der Waals surface area (Å²) < 4.78 is 7.07. The Morgan fingerprint density at radius 1 is 0.880 bits per heavy atom. The van der Waals surface area contributed by atoms with Gasteiger partial charge in [-0.05, 0) is 59.3 Å². The molecule has 0 aliphatic carbocycles. The van der Waals surface area contributed by atoms with Crippen LogP contribution in [0.4, 0.5) is 5.69 Å². The first-order valence-corrected chi connectivity index (χ1v) is 8.78. The molecule has 1 heterocycles. The summed E-state index contributed by atoms with van der Waals surface area (Å²) >= 11 is 1.68. The predicted octanol–water partition coefficient (Wildman–Crippen LogP) is 5.95. The molecule has 0 radical (unpaired) electrons. The quantitative estimate of drug-likeness (QED) is 0.496. The molecular formula is C21H15NO2S. The van der Waals surface area contributed by atoms with Gasteiger partial charge in [0.25, 0.3) is 5.91 Å². The van der Waals surface area contributed by atoms with Gasteiger partial charge in [0.2, 0.25) is 0 Å². The molecule has 0 unspecified atom stereocenters. The molecule has 1 amide bonds. The van der Waals surface area contributed by atoms with E-state index in [1.807, 2.05) is 72.1 Å². The number of rotatable bonds is 4. The summed E-state index contributed by atoms with van der Waals surface area (Å²) in [6.07, 6.45) is 0. The van der Waals surface area contributed by atoms with Gasteiger partial charge in [0.15, 0.2) is 0 Å². The molecule has 122 valence electrons. The Labute approximate surface area is 149 Å². The molecule has 3 aromatic carbocycles. The molecule has 4 heteroatoms. The van der Waals surface area contributed by atoms with Crippen molar-refractivity contribution in [2.24, 2.45) is 0 Å². The molecule has 0 atom stereocenters. The largest absolute Gasteiger partial charge is 0.457 e. The fourth-order valence-electron chi connectivity index (χ4n) is 2.60. The van der Waals surface area contributed by atoms with Crippen molar-refractivity contribution >= 4 is 33.0 Å². The first-order valence-electron chi connectivity index (χ1n) is 7.90. The van der Waals surface area contributed by atoms with Gasteiger partial charge >= 0.3 is 0 Å². The van der Waals surface area contributed by atoms with Gasteiger partial charge in [-0.15, -0.1) is 11.3 Å². The number of nitrogens with one attached hydrogen (secondary N) is 1. The minimum Gasteiger partial charge on any atom is -0.457 e. The summed E-state index contributed by atoms with van der Waals surface area (Å²) in [5.74, 6) is 1.03. The topological polar surface area (TPSA) is 38.3 Å². The van der Waals surface area contributed by atoms with Crippen molar-refractivity contribution in [3.63, 3.8) is 0 Å². The Morgan fingerprint density at radius 3 is 2.56 bits per heavy atom. The number of hydrogen-bond donors (Lipinski definition) is 1. The fraction of sp³-hybridized carbons (Fsp3) is 0. The molecule has 3 nitrogen and oxygen atoms in total. The van der Waals surface area contributed by atoms with Crippen LogP contribution in [0.5, 0.6) is 11.5 Å². The third kappa shape index (κ3) is 3.39. The van der Waals surface area contributed by atoms with E-state index in [1.165, 1.54) is 4.70 Å². The molecule has 1 N–H and O–H groups in total. The Morgan fingerprint density at radius 2 is 1.68 bits per heavy atom. The van der Waals surface area contributed by atoms with E-state index in [0.717, 1.165) is 11.1 Å². The third-order valence-corrected chi connectivity index (χ3v) is 4.71. The maximum absolute atomic E-state index is 12.7. The van der Waals surface area contributed by atoms with E-state index in [-0.39, 0.29) is 5.91 Å². The lowest BCUT2D eigenvalue weighted by Gasteiger charge is -2.11. The van der Waals surface area contributed by atoms with E-state index < -0.39 is 0 Å². The van der Waals surface area contributed by atoms with E-state index in [9.17, 15) is 4.79 Å². The highest BCUT2D eigenvalue weighted by Gasteiger charge is 2.13. The summed E-state index contributed by atoms with van der Waals surface area (Å²) in [6.45, 7) is 0. The second-order valence-corrected chi connectivity index (χ2v) is 6.49. The zero-order chi connectivity index (χ0) is 17.1. The number of amides is 1. The minimum absolute atomic E-state index is 0.193. The SMILES string of the molecule is O=C(Nc1ccc2sccc2c1)c1ccccc1Oc1ccccc1. The number of carbonyl (C=O) groups excluding carboxylic acids is 1. The predicted molar refractivity (Wildman–Crippen MR) is 103 cm³/mol. The van der Waals surface area contributed by atoms with Crippen molar-refractivity contribution in [1.29, 1.82) is 0 Å². The second kappa shape index (κ2) is 6.79. The third-order valence-electron chi connectivity index (χ3n) is 3.81. The Bertz CT molecular complexity index is 1020. The molecular weight excluding hydrogens is 330 g/mol. The van der Waals surface area contributed by atoms with Crippen LogP contribution in [-0.2, 0) is 0 Å². The Balaban J connectivity index is 1.59.